The van der Waals surface area contributed by atoms with E-state index in [0.29, 0.717) is 12.2 Å². The third-order valence-electron chi connectivity index (χ3n) is 3.16. The second-order valence-electron chi connectivity index (χ2n) is 4.63. The maximum absolute atomic E-state index is 12.0. The van der Waals surface area contributed by atoms with Crippen LogP contribution in [0.15, 0.2) is 6.33 Å². The van der Waals surface area contributed by atoms with Crippen LogP contribution < -0.4 is 0 Å². The highest BCUT2D eigenvalue weighted by Crippen LogP contribution is 2.31. The Morgan fingerprint density at radius 3 is 2.90 bits per heavy atom. The van der Waals surface area contributed by atoms with Gasteiger partial charge in [-0.25, -0.2) is 4.98 Å². The Bertz CT molecular complexity index is 466. The van der Waals surface area contributed by atoms with Gasteiger partial charge in [-0.3, -0.25) is 9.89 Å². The van der Waals surface area contributed by atoms with Gasteiger partial charge in [-0.05, 0) is 0 Å². The number of likely N-dealkylation sites (tertiary alicyclic amines) is 1. The molecular weight excluding hydrogens is 293 g/mol. The average molecular weight is 308 g/mol. The van der Waals surface area contributed by atoms with Crippen molar-refractivity contribution in [2.24, 2.45) is 0 Å². The molecule has 0 aromatic carbocycles. The van der Waals surface area contributed by atoms with Crippen LogP contribution in [0.4, 0.5) is 13.2 Å². The van der Waals surface area contributed by atoms with Gasteiger partial charge in [-0.15, -0.1) is 0 Å². The first-order valence-corrected chi connectivity index (χ1v) is 6.22. The number of ether oxygens (including phenoxy) is 2. The average Bonchev–Trinajstić information content (AvgIpc) is 3.05. The topological polar surface area (TPSA) is 80.3 Å². The number of carbonyl (C=O) groups excluding carboxylic acids is 1. The first-order valence-electron chi connectivity index (χ1n) is 6.22. The molecule has 1 amide bonds. The van der Waals surface area contributed by atoms with Crippen molar-refractivity contribution in [2.75, 3.05) is 26.9 Å². The standard InChI is InChI=1S/C11H15F3N4O3/c1-20-7-2-8(10-15-6-16-17-10)18(3-7)9(19)4-21-5-11(12,13)14/h6-8H,2-5H2,1H3,(H,15,16,17)/t7-,8+/m1/s1. The number of H-pyrrole nitrogens is 1. The molecule has 0 bridgehead atoms. The molecule has 1 N–H and O–H groups in total. The van der Waals surface area contributed by atoms with E-state index in [9.17, 15) is 18.0 Å². The van der Waals surface area contributed by atoms with Gasteiger partial charge in [-0.2, -0.15) is 18.3 Å². The zero-order valence-corrected chi connectivity index (χ0v) is 11.3. The van der Waals surface area contributed by atoms with E-state index in [1.165, 1.54) is 18.3 Å². The van der Waals surface area contributed by atoms with Crippen LogP contribution >= 0.6 is 0 Å². The number of aromatic amines is 1. The van der Waals surface area contributed by atoms with Crippen LogP contribution in [0, 0.1) is 0 Å². The van der Waals surface area contributed by atoms with Crippen LogP contribution in [0.2, 0.25) is 0 Å². The van der Waals surface area contributed by atoms with Crippen molar-refractivity contribution < 1.29 is 27.4 Å². The molecule has 0 unspecified atom stereocenters. The molecular formula is C11H15F3N4O3. The molecule has 1 aliphatic rings. The summed E-state index contributed by atoms with van der Waals surface area (Å²) < 4.78 is 45.6. The smallest absolute Gasteiger partial charge is 0.380 e. The minimum Gasteiger partial charge on any atom is -0.380 e. The summed E-state index contributed by atoms with van der Waals surface area (Å²) in [5.41, 5.74) is 0. The number of halogens is 3. The molecule has 2 heterocycles. The molecule has 21 heavy (non-hydrogen) atoms. The lowest BCUT2D eigenvalue weighted by molar-refractivity contribution is -0.178. The fourth-order valence-electron chi connectivity index (χ4n) is 2.22. The van der Waals surface area contributed by atoms with Gasteiger partial charge in [0.05, 0.1) is 12.1 Å². The second-order valence-corrected chi connectivity index (χ2v) is 4.63. The Balaban J connectivity index is 1.97. The number of amides is 1. The SMILES string of the molecule is CO[C@@H]1C[C@@H](c2ncn[nH]2)N(C(=O)COCC(F)(F)F)C1. The molecule has 10 heteroatoms. The van der Waals surface area contributed by atoms with Crippen molar-refractivity contribution >= 4 is 5.91 Å². The van der Waals surface area contributed by atoms with Gasteiger partial charge in [0.25, 0.3) is 0 Å². The van der Waals surface area contributed by atoms with Crippen molar-refractivity contribution in [2.45, 2.75) is 24.7 Å². The number of aromatic nitrogens is 3. The lowest BCUT2D eigenvalue weighted by Gasteiger charge is -2.22. The lowest BCUT2D eigenvalue weighted by atomic mass is 10.2. The number of hydrogen-bond donors (Lipinski definition) is 1. The lowest BCUT2D eigenvalue weighted by Crippen LogP contribution is -2.36. The molecule has 1 aliphatic heterocycles. The monoisotopic (exact) mass is 308 g/mol. The highest BCUT2D eigenvalue weighted by atomic mass is 19.4. The van der Waals surface area contributed by atoms with Gasteiger partial charge in [0.15, 0.2) is 0 Å². The van der Waals surface area contributed by atoms with E-state index in [0.717, 1.165) is 0 Å². The van der Waals surface area contributed by atoms with Crippen molar-refractivity contribution in [3.8, 4) is 0 Å². The Hall–Kier alpha value is -1.68. The normalized spacial score (nSPS) is 22.8. The number of nitrogens with one attached hydrogen (secondary N) is 1. The number of methoxy groups -OCH3 is 1. The van der Waals surface area contributed by atoms with Gasteiger partial charge in [0, 0.05) is 20.1 Å². The molecule has 0 aliphatic carbocycles. The second kappa shape index (κ2) is 6.39. The van der Waals surface area contributed by atoms with Crippen LogP contribution in [0.1, 0.15) is 18.3 Å². The first kappa shape index (κ1) is 15.7. The van der Waals surface area contributed by atoms with Gasteiger partial charge in [0.2, 0.25) is 5.91 Å². The number of nitrogens with zero attached hydrogens (tertiary/aromatic N) is 3. The largest absolute Gasteiger partial charge is 0.411 e. The van der Waals surface area contributed by atoms with Crippen LogP contribution in [-0.2, 0) is 14.3 Å². The van der Waals surface area contributed by atoms with E-state index in [4.69, 9.17) is 4.74 Å². The van der Waals surface area contributed by atoms with Crippen LogP contribution in [0.5, 0.6) is 0 Å². The van der Waals surface area contributed by atoms with E-state index >= 15 is 0 Å². The highest BCUT2D eigenvalue weighted by molar-refractivity contribution is 5.78. The summed E-state index contributed by atoms with van der Waals surface area (Å²) in [5, 5.41) is 6.37. The molecule has 1 aromatic rings. The van der Waals surface area contributed by atoms with E-state index in [-0.39, 0.29) is 12.6 Å². The highest BCUT2D eigenvalue weighted by Gasteiger charge is 2.38. The molecule has 2 rings (SSSR count). The number of rotatable bonds is 5. The molecule has 0 radical (unpaired) electrons. The zero-order chi connectivity index (χ0) is 15.5. The summed E-state index contributed by atoms with van der Waals surface area (Å²) in [6.45, 7) is -1.82. The molecule has 1 fully saturated rings. The number of hydrogen-bond acceptors (Lipinski definition) is 5. The third-order valence-corrected chi connectivity index (χ3v) is 3.16. The predicted octanol–water partition coefficient (Wildman–Crippen LogP) is 0.672. The van der Waals surface area contributed by atoms with Crippen molar-refractivity contribution in [3.05, 3.63) is 12.2 Å². The Morgan fingerprint density at radius 2 is 2.33 bits per heavy atom. The minimum atomic E-state index is -4.45. The predicted molar refractivity (Wildman–Crippen MR) is 63.1 cm³/mol. The molecule has 0 spiro atoms. The summed E-state index contributed by atoms with van der Waals surface area (Å²) in [5.74, 6) is -0.0704. The maximum Gasteiger partial charge on any atom is 0.411 e. The Labute approximate surface area is 118 Å². The van der Waals surface area contributed by atoms with E-state index in [1.807, 2.05) is 0 Å². The molecule has 7 nitrogen and oxygen atoms in total. The van der Waals surface area contributed by atoms with Crippen molar-refractivity contribution in [1.82, 2.24) is 20.1 Å². The van der Waals surface area contributed by atoms with Crippen LogP contribution in [0.25, 0.3) is 0 Å². The molecule has 2 atom stereocenters. The van der Waals surface area contributed by atoms with Gasteiger partial charge in [0.1, 0.15) is 25.4 Å². The van der Waals surface area contributed by atoms with Crippen LogP contribution in [0.3, 0.4) is 0 Å². The molecule has 0 saturated carbocycles. The maximum atomic E-state index is 12.0. The summed E-state index contributed by atoms with van der Waals surface area (Å²) >= 11 is 0. The third kappa shape index (κ3) is 4.14. The van der Waals surface area contributed by atoms with Crippen molar-refractivity contribution in [1.29, 1.82) is 0 Å². The quantitative estimate of drug-likeness (QED) is 0.865. The summed E-state index contributed by atoms with van der Waals surface area (Å²) in [4.78, 5) is 17.4. The minimum absolute atomic E-state index is 0.202. The van der Waals surface area contributed by atoms with Crippen LogP contribution in [-0.4, -0.2) is 65.1 Å². The zero-order valence-electron chi connectivity index (χ0n) is 11.3. The molecule has 1 saturated heterocycles. The molecule has 1 aromatic heterocycles. The fourth-order valence-corrected chi connectivity index (χ4v) is 2.22. The number of carbonyl (C=O) groups is 1. The summed E-state index contributed by atoms with van der Waals surface area (Å²) in [7, 11) is 1.51. The van der Waals surface area contributed by atoms with Crippen molar-refractivity contribution in [3.63, 3.8) is 0 Å². The Morgan fingerprint density at radius 1 is 1.57 bits per heavy atom. The van der Waals surface area contributed by atoms with Gasteiger partial charge < -0.3 is 14.4 Å². The summed E-state index contributed by atoms with van der Waals surface area (Å²) in [6, 6.07) is -0.403. The van der Waals surface area contributed by atoms with E-state index in [2.05, 4.69) is 19.9 Å². The number of alkyl halides is 3. The summed E-state index contributed by atoms with van der Waals surface area (Å²) in [6.07, 6.45) is -2.86. The van der Waals surface area contributed by atoms with E-state index < -0.39 is 31.3 Å². The molecule has 118 valence electrons. The fraction of sp³-hybridized carbons (Fsp3) is 0.727. The first-order chi connectivity index (χ1) is 9.90. The van der Waals surface area contributed by atoms with E-state index in [1.54, 1.807) is 0 Å². The Kier molecular flexibility index (Phi) is 4.78. The van der Waals surface area contributed by atoms with Gasteiger partial charge in [-0.1, -0.05) is 0 Å². The van der Waals surface area contributed by atoms with Gasteiger partial charge >= 0.3 is 6.18 Å².